The second kappa shape index (κ2) is 12.0. The van der Waals surface area contributed by atoms with Crippen LogP contribution in [0.1, 0.15) is 62.4 Å². The van der Waals surface area contributed by atoms with Gasteiger partial charge in [-0.3, -0.25) is 14.4 Å². The molecule has 3 rings (SSSR count). The van der Waals surface area contributed by atoms with Crippen molar-refractivity contribution in [1.82, 2.24) is 20.7 Å². The number of hydrogen-bond acceptors (Lipinski definition) is 6. The van der Waals surface area contributed by atoms with Crippen LogP contribution >= 0.6 is 12.4 Å². The molecule has 0 radical (unpaired) electrons. The maximum Gasteiger partial charge on any atom is 0.305 e. The fourth-order valence-electron chi connectivity index (χ4n) is 4.31. The number of rotatable bonds is 8. The summed E-state index contributed by atoms with van der Waals surface area (Å²) in [4.78, 5) is 38.5. The third kappa shape index (κ3) is 7.50. The first-order valence-electron chi connectivity index (χ1n) is 10.9. The van der Waals surface area contributed by atoms with Crippen LogP contribution in [0.5, 0.6) is 0 Å². The number of nitrogens with one attached hydrogen (secondary N) is 2. The number of likely N-dealkylation sites (tertiary alicyclic amines) is 1. The number of aliphatic carboxylic acids is 1. The number of carboxylic acid groups (broad SMARTS) is 1. The first-order valence-corrected chi connectivity index (χ1v) is 10.9. The summed E-state index contributed by atoms with van der Waals surface area (Å²) in [6, 6.07) is 0.855. The fourth-order valence-corrected chi connectivity index (χ4v) is 4.31. The summed E-state index contributed by atoms with van der Waals surface area (Å²) in [6.07, 6.45) is 4.82. The van der Waals surface area contributed by atoms with Gasteiger partial charge in [0, 0.05) is 25.6 Å². The van der Waals surface area contributed by atoms with Crippen molar-refractivity contribution in [3.63, 3.8) is 0 Å². The molecule has 3 N–H and O–H groups in total. The van der Waals surface area contributed by atoms with Gasteiger partial charge in [-0.2, -0.15) is 0 Å². The van der Waals surface area contributed by atoms with E-state index in [9.17, 15) is 19.5 Å². The summed E-state index contributed by atoms with van der Waals surface area (Å²) in [5.74, 6) is -0.588. The summed E-state index contributed by atoms with van der Waals surface area (Å²) in [6.45, 7) is 4.84. The molecular weight excluding hydrogens is 424 g/mol. The summed E-state index contributed by atoms with van der Waals surface area (Å²) in [5.41, 5.74) is 0.623. The molecule has 2 amide bonds. The van der Waals surface area contributed by atoms with Crippen LogP contribution in [0.15, 0.2) is 10.6 Å². The van der Waals surface area contributed by atoms with E-state index in [4.69, 9.17) is 4.52 Å². The van der Waals surface area contributed by atoms with Gasteiger partial charge >= 0.3 is 5.97 Å². The molecule has 0 aliphatic carbocycles. The first kappa shape index (κ1) is 25.1. The SMILES string of the molecule is Cc1cc([C@H](CC(=O)O)NC(=O)[C@@H]2CCCN(C(=O)CCC3CCNCC3)C2)on1.Cl. The molecular formula is C21H33ClN4O5. The second-order valence-electron chi connectivity index (χ2n) is 8.44. The Morgan fingerprint density at radius 1 is 1.32 bits per heavy atom. The normalized spacial score (nSPS) is 20.5. The van der Waals surface area contributed by atoms with E-state index in [0.717, 1.165) is 38.8 Å². The lowest BCUT2D eigenvalue weighted by atomic mass is 9.92. The minimum atomic E-state index is -1.03. The molecule has 0 saturated carbocycles. The van der Waals surface area contributed by atoms with Crippen molar-refractivity contribution in [2.45, 2.75) is 57.9 Å². The van der Waals surface area contributed by atoms with Crippen molar-refractivity contribution < 1.29 is 24.0 Å². The molecule has 0 spiro atoms. The van der Waals surface area contributed by atoms with Crippen molar-refractivity contribution in [3.05, 3.63) is 17.5 Å². The maximum atomic E-state index is 12.8. The largest absolute Gasteiger partial charge is 0.481 e. The van der Waals surface area contributed by atoms with Gasteiger partial charge in [0.05, 0.1) is 18.0 Å². The summed E-state index contributed by atoms with van der Waals surface area (Å²) >= 11 is 0. The van der Waals surface area contributed by atoms with Crippen LogP contribution in [-0.4, -0.2) is 59.1 Å². The zero-order valence-electron chi connectivity index (χ0n) is 18.0. The lowest BCUT2D eigenvalue weighted by molar-refractivity contribution is -0.138. The van der Waals surface area contributed by atoms with E-state index >= 15 is 0 Å². The highest BCUT2D eigenvalue weighted by atomic mass is 35.5. The van der Waals surface area contributed by atoms with Crippen LogP contribution in [0.4, 0.5) is 0 Å². The topological polar surface area (TPSA) is 125 Å². The third-order valence-corrected chi connectivity index (χ3v) is 6.05. The minimum Gasteiger partial charge on any atom is -0.481 e. The van der Waals surface area contributed by atoms with Crippen molar-refractivity contribution in [2.75, 3.05) is 26.2 Å². The van der Waals surface area contributed by atoms with E-state index in [1.54, 1.807) is 17.9 Å². The van der Waals surface area contributed by atoms with E-state index < -0.39 is 12.0 Å². The summed E-state index contributed by atoms with van der Waals surface area (Å²) in [7, 11) is 0. The Morgan fingerprint density at radius 2 is 2.06 bits per heavy atom. The Hall–Kier alpha value is -2.13. The third-order valence-electron chi connectivity index (χ3n) is 6.05. The minimum absolute atomic E-state index is 0. The first-order chi connectivity index (χ1) is 14.4. The molecule has 0 aromatic carbocycles. The van der Waals surface area contributed by atoms with Gasteiger partial charge in [0.2, 0.25) is 11.8 Å². The molecule has 9 nitrogen and oxygen atoms in total. The van der Waals surface area contributed by atoms with Crippen molar-refractivity contribution in [3.8, 4) is 0 Å². The summed E-state index contributed by atoms with van der Waals surface area (Å²) < 4.78 is 5.17. The lowest BCUT2D eigenvalue weighted by Gasteiger charge is -2.33. The Balaban J connectivity index is 0.00000341. The highest BCUT2D eigenvalue weighted by Crippen LogP contribution is 2.23. The molecule has 1 aromatic heterocycles. The Labute approximate surface area is 188 Å². The second-order valence-corrected chi connectivity index (χ2v) is 8.44. The summed E-state index contributed by atoms with van der Waals surface area (Å²) in [5, 5.41) is 19.1. The van der Waals surface area contributed by atoms with Gasteiger partial charge in [-0.15, -0.1) is 12.4 Å². The lowest BCUT2D eigenvalue weighted by Crippen LogP contribution is -2.46. The van der Waals surface area contributed by atoms with E-state index in [-0.39, 0.29) is 36.6 Å². The molecule has 2 aliphatic heterocycles. The Morgan fingerprint density at radius 3 is 2.71 bits per heavy atom. The zero-order chi connectivity index (χ0) is 21.5. The maximum absolute atomic E-state index is 12.8. The standard InChI is InChI=1S/C21H32N4O5.ClH/c1-14-11-18(30-24-14)17(12-20(27)28)23-21(29)16-3-2-10-25(13-16)19(26)5-4-15-6-8-22-9-7-15;/h11,15-17,22H,2-10,12-13H2,1H3,(H,23,29)(H,27,28);1H/t16-,17+;/m1./s1. The molecule has 10 heteroatoms. The monoisotopic (exact) mass is 456 g/mol. The highest BCUT2D eigenvalue weighted by Gasteiger charge is 2.31. The number of amides is 2. The van der Waals surface area contributed by atoms with Crippen LogP contribution in [0.3, 0.4) is 0 Å². The van der Waals surface area contributed by atoms with Crippen LogP contribution in [0, 0.1) is 18.8 Å². The van der Waals surface area contributed by atoms with Crippen molar-refractivity contribution in [2.24, 2.45) is 11.8 Å². The molecule has 2 fully saturated rings. The quantitative estimate of drug-likeness (QED) is 0.546. The molecule has 2 saturated heterocycles. The molecule has 2 atom stereocenters. The smallest absolute Gasteiger partial charge is 0.305 e. The van der Waals surface area contributed by atoms with Gasteiger partial charge in [0.1, 0.15) is 6.04 Å². The predicted molar refractivity (Wildman–Crippen MR) is 116 cm³/mol. The highest BCUT2D eigenvalue weighted by molar-refractivity contribution is 5.85. The predicted octanol–water partition coefficient (Wildman–Crippen LogP) is 2.06. The van der Waals surface area contributed by atoms with Crippen LogP contribution in [0.2, 0.25) is 0 Å². The van der Waals surface area contributed by atoms with E-state index in [0.29, 0.717) is 43.3 Å². The van der Waals surface area contributed by atoms with Gasteiger partial charge < -0.3 is 25.2 Å². The van der Waals surface area contributed by atoms with Gasteiger partial charge in [-0.1, -0.05) is 5.16 Å². The van der Waals surface area contributed by atoms with Gasteiger partial charge in [-0.25, -0.2) is 0 Å². The van der Waals surface area contributed by atoms with Crippen LogP contribution in [0.25, 0.3) is 0 Å². The fraction of sp³-hybridized carbons (Fsp3) is 0.714. The molecule has 0 bridgehead atoms. The molecule has 3 heterocycles. The molecule has 0 unspecified atom stereocenters. The average Bonchev–Trinajstić information content (AvgIpc) is 3.18. The van der Waals surface area contributed by atoms with E-state index in [1.165, 1.54) is 0 Å². The number of nitrogens with zero attached hydrogens (tertiary/aromatic N) is 2. The van der Waals surface area contributed by atoms with E-state index in [1.807, 2.05) is 0 Å². The molecule has 174 valence electrons. The molecule has 31 heavy (non-hydrogen) atoms. The Kier molecular flexibility index (Phi) is 9.77. The van der Waals surface area contributed by atoms with Crippen LogP contribution < -0.4 is 10.6 Å². The van der Waals surface area contributed by atoms with Crippen LogP contribution in [-0.2, 0) is 14.4 Å². The number of halogens is 1. The number of carboxylic acids is 1. The van der Waals surface area contributed by atoms with Crippen molar-refractivity contribution >= 4 is 30.2 Å². The Bertz CT molecular complexity index is 750. The number of carbonyl (C=O) groups excluding carboxylic acids is 2. The number of carbonyl (C=O) groups is 3. The van der Waals surface area contributed by atoms with E-state index in [2.05, 4.69) is 15.8 Å². The van der Waals surface area contributed by atoms with Crippen molar-refractivity contribution in [1.29, 1.82) is 0 Å². The number of piperidine rings is 2. The number of aryl methyl sites for hydroxylation is 1. The number of hydrogen-bond donors (Lipinski definition) is 3. The molecule has 2 aliphatic rings. The van der Waals surface area contributed by atoms with Gasteiger partial charge in [-0.05, 0) is 58.0 Å². The van der Waals surface area contributed by atoms with Gasteiger partial charge in [0.25, 0.3) is 0 Å². The zero-order valence-corrected chi connectivity index (χ0v) is 18.8. The van der Waals surface area contributed by atoms with Gasteiger partial charge in [0.15, 0.2) is 5.76 Å². The molecule has 1 aromatic rings. The average molecular weight is 457 g/mol. The number of aromatic nitrogens is 1.